The molecule has 4 nitrogen and oxygen atoms in total. The van der Waals surface area contributed by atoms with Crippen molar-refractivity contribution in [3.63, 3.8) is 0 Å². The standard InChI is InChI=1S/C12H19N3OS/c1-8(7-17-2)6-15-11-4-3-9(12(14)16)5-10(11)13/h3-5,8,15H,6-7,13H2,1-2H3,(H2,14,16). The molecule has 0 saturated carbocycles. The number of hydrogen-bond acceptors (Lipinski definition) is 4. The zero-order valence-corrected chi connectivity index (χ0v) is 11.0. The Morgan fingerprint density at radius 2 is 2.24 bits per heavy atom. The van der Waals surface area contributed by atoms with Crippen molar-refractivity contribution in [1.82, 2.24) is 0 Å². The Bertz CT molecular complexity index is 395. The molecule has 1 aromatic carbocycles. The maximum atomic E-state index is 11.0. The Kier molecular flexibility index (Phi) is 5.15. The summed E-state index contributed by atoms with van der Waals surface area (Å²) in [5.41, 5.74) is 12.9. The number of primary amides is 1. The van der Waals surface area contributed by atoms with E-state index in [0.717, 1.165) is 18.0 Å². The van der Waals surface area contributed by atoms with Gasteiger partial charge in [-0.15, -0.1) is 0 Å². The molecule has 5 N–H and O–H groups in total. The first kappa shape index (κ1) is 13.7. The van der Waals surface area contributed by atoms with Gasteiger partial charge in [0.2, 0.25) is 5.91 Å². The number of amides is 1. The van der Waals surface area contributed by atoms with Crippen molar-refractivity contribution in [1.29, 1.82) is 0 Å². The van der Waals surface area contributed by atoms with Crippen LogP contribution in [0.3, 0.4) is 0 Å². The predicted octanol–water partition coefficient (Wildman–Crippen LogP) is 1.78. The van der Waals surface area contributed by atoms with Gasteiger partial charge >= 0.3 is 0 Å². The summed E-state index contributed by atoms with van der Waals surface area (Å²) >= 11 is 1.82. The first-order valence-corrected chi connectivity index (χ1v) is 6.86. The second-order valence-electron chi connectivity index (χ2n) is 4.11. The third kappa shape index (κ3) is 4.19. The van der Waals surface area contributed by atoms with Crippen LogP contribution < -0.4 is 16.8 Å². The molecule has 1 aromatic rings. The summed E-state index contributed by atoms with van der Waals surface area (Å²) in [6.07, 6.45) is 2.09. The van der Waals surface area contributed by atoms with Gasteiger partial charge in [0.1, 0.15) is 0 Å². The fraction of sp³-hybridized carbons (Fsp3) is 0.417. The summed E-state index contributed by atoms with van der Waals surface area (Å²) in [5, 5.41) is 3.27. The minimum Gasteiger partial charge on any atom is -0.397 e. The minimum absolute atomic E-state index is 0.435. The Morgan fingerprint density at radius 1 is 1.53 bits per heavy atom. The summed E-state index contributed by atoms with van der Waals surface area (Å²) in [6, 6.07) is 5.07. The molecule has 0 radical (unpaired) electrons. The van der Waals surface area contributed by atoms with Gasteiger partial charge in [-0.25, -0.2) is 0 Å². The number of thioether (sulfide) groups is 1. The molecule has 17 heavy (non-hydrogen) atoms. The highest BCUT2D eigenvalue weighted by Gasteiger charge is 2.06. The third-order valence-electron chi connectivity index (χ3n) is 2.43. The molecule has 1 rings (SSSR count). The lowest BCUT2D eigenvalue weighted by Gasteiger charge is -2.14. The molecule has 0 aliphatic rings. The van der Waals surface area contributed by atoms with Gasteiger partial charge in [0.25, 0.3) is 0 Å². The van der Waals surface area contributed by atoms with E-state index in [-0.39, 0.29) is 0 Å². The van der Waals surface area contributed by atoms with Crippen molar-refractivity contribution in [2.45, 2.75) is 6.92 Å². The Hall–Kier alpha value is -1.36. The second kappa shape index (κ2) is 6.39. The van der Waals surface area contributed by atoms with Gasteiger partial charge in [-0.2, -0.15) is 11.8 Å². The van der Waals surface area contributed by atoms with Crippen LogP contribution in [0.4, 0.5) is 11.4 Å². The monoisotopic (exact) mass is 253 g/mol. The van der Waals surface area contributed by atoms with Gasteiger partial charge in [0.05, 0.1) is 11.4 Å². The van der Waals surface area contributed by atoms with E-state index in [2.05, 4.69) is 18.5 Å². The number of nitrogen functional groups attached to an aromatic ring is 1. The van der Waals surface area contributed by atoms with Gasteiger partial charge in [-0.1, -0.05) is 6.92 Å². The van der Waals surface area contributed by atoms with Crippen LogP contribution >= 0.6 is 11.8 Å². The molecule has 1 amide bonds. The summed E-state index contributed by atoms with van der Waals surface area (Å²) in [7, 11) is 0. The van der Waals surface area contributed by atoms with Crippen LogP contribution in [0.5, 0.6) is 0 Å². The molecule has 0 aromatic heterocycles. The average molecular weight is 253 g/mol. The van der Waals surface area contributed by atoms with E-state index in [1.165, 1.54) is 0 Å². The summed E-state index contributed by atoms with van der Waals surface area (Å²) in [5.74, 6) is 1.21. The molecule has 0 fully saturated rings. The number of benzene rings is 1. The molecule has 0 spiro atoms. The fourth-order valence-corrected chi connectivity index (χ4v) is 2.19. The smallest absolute Gasteiger partial charge is 0.248 e. The number of rotatable bonds is 6. The molecule has 1 atom stereocenters. The summed E-state index contributed by atoms with van der Waals surface area (Å²) in [4.78, 5) is 11.0. The highest BCUT2D eigenvalue weighted by atomic mass is 32.2. The highest BCUT2D eigenvalue weighted by Crippen LogP contribution is 2.20. The van der Waals surface area contributed by atoms with Crippen LogP contribution in [0.2, 0.25) is 0 Å². The van der Waals surface area contributed by atoms with Gasteiger partial charge in [0, 0.05) is 12.1 Å². The van der Waals surface area contributed by atoms with Gasteiger partial charge in [-0.05, 0) is 36.1 Å². The zero-order chi connectivity index (χ0) is 12.8. The van der Waals surface area contributed by atoms with Crippen LogP contribution in [-0.2, 0) is 0 Å². The molecule has 5 heteroatoms. The predicted molar refractivity (Wildman–Crippen MR) is 75.4 cm³/mol. The SMILES string of the molecule is CSCC(C)CNc1ccc(C(N)=O)cc1N. The number of carbonyl (C=O) groups excluding carboxylic acids is 1. The van der Waals surface area contributed by atoms with Gasteiger partial charge in [-0.3, -0.25) is 4.79 Å². The summed E-state index contributed by atoms with van der Waals surface area (Å²) < 4.78 is 0. The molecule has 0 aliphatic carbocycles. The van der Waals surface area contributed by atoms with Gasteiger partial charge < -0.3 is 16.8 Å². The minimum atomic E-state index is -0.459. The van der Waals surface area contributed by atoms with Crippen LogP contribution in [0.25, 0.3) is 0 Å². The largest absolute Gasteiger partial charge is 0.397 e. The quantitative estimate of drug-likeness (QED) is 0.675. The van der Waals surface area contributed by atoms with Crippen LogP contribution in [0.15, 0.2) is 18.2 Å². The first-order valence-electron chi connectivity index (χ1n) is 5.46. The number of nitrogens with two attached hydrogens (primary N) is 2. The lowest BCUT2D eigenvalue weighted by Crippen LogP contribution is -2.15. The molecule has 0 bridgehead atoms. The molecular weight excluding hydrogens is 234 g/mol. The normalized spacial score (nSPS) is 12.1. The van der Waals surface area contributed by atoms with E-state index < -0.39 is 5.91 Å². The maximum absolute atomic E-state index is 11.0. The lowest BCUT2D eigenvalue weighted by molar-refractivity contribution is 0.100. The molecule has 1 unspecified atom stereocenters. The molecule has 0 aliphatic heterocycles. The third-order valence-corrected chi connectivity index (χ3v) is 3.33. The van der Waals surface area contributed by atoms with E-state index in [1.54, 1.807) is 18.2 Å². The van der Waals surface area contributed by atoms with E-state index in [1.807, 2.05) is 11.8 Å². The van der Waals surface area contributed by atoms with E-state index in [4.69, 9.17) is 11.5 Å². The Labute approximate surface area is 106 Å². The number of anilines is 2. The van der Waals surface area contributed by atoms with Crippen LogP contribution in [0, 0.1) is 5.92 Å². The first-order chi connectivity index (χ1) is 8.04. The molecule has 0 saturated heterocycles. The van der Waals surface area contributed by atoms with E-state index in [9.17, 15) is 4.79 Å². The zero-order valence-electron chi connectivity index (χ0n) is 10.2. The molecule has 0 heterocycles. The Balaban J connectivity index is 2.63. The van der Waals surface area contributed by atoms with E-state index in [0.29, 0.717) is 17.2 Å². The van der Waals surface area contributed by atoms with Crippen molar-refractivity contribution in [3.05, 3.63) is 23.8 Å². The second-order valence-corrected chi connectivity index (χ2v) is 5.02. The van der Waals surface area contributed by atoms with Gasteiger partial charge in [0.15, 0.2) is 0 Å². The van der Waals surface area contributed by atoms with Crippen molar-refractivity contribution in [3.8, 4) is 0 Å². The number of hydrogen-bond donors (Lipinski definition) is 3. The van der Waals surface area contributed by atoms with Crippen molar-refractivity contribution >= 4 is 29.0 Å². The van der Waals surface area contributed by atoms with Crippen molar-refractivity contribution in [2.24, 2.45) is 11.7 Å². The Morgan fingerprint density at radius 3 is 2.76 bits per heavy atom. The van der Waals surface area contributed by atoms with Crippen molar-refractivity contribution < 1.29 is 4.79 Å². The highest BCUT2D eigenvalue weighted by molar-refractivity contribution is 7.98. The number of carbonyl (C=O) groups is 1. The number of nitrogens with one attached hydrogen (secondary N) is 1. The average Bonchev–Trinajstić information content (AvgIpc) is 2.27. The topological polar surface area (TPSA) is 81.1 Å². The fourth-order valence-electron chi connectivity index (χ4n) is 1.50. The van der Waals surface area contributed by atoms with E-state index >= 15 is 0 Å². The molecule has 94 valence electrons. The maximum Gasteiger partial charge on any atom is 0.248 e. The van der Waals surface area contributed by atoms with Crippen LogP contribution in [-0.4, -0.2) is 24.5 Å². The van der Waals surface area contributed by atoms with Crippen LogP contribution in [0.1, 0.15) is 17.3 Å². The van der Waals surface area contributed by atoms with Crippen molar-refractivity contribution in [2.75, 3.05) is 29.6 Å². The summed E-state index contributed by atoms with van der Waals surface area (Å²) in [6.45, 7) is 3.04. The molecular formula is C12H19N3OS. The lowest BCUT2D eigenvalue weighted by atomic mass is 10.1.